The molecule has 0 N–H and O–H groups in total. The van der Waals surface area contributed by atoms with Gasteiger partial charge in [-0.1, -0.05) is 30.3 Å². The number of hydrogen-bond acceptors (Lipinski definition) is 5. The summed E-state index contributed by atoms with van der Waals surface area (Å²) in [4.78, 5) is 30.1. The highest BCUT2D eigenvalue weighted by atomic mass is 16.6. The van der Waals surface area contributed by atoms with Gasteiger partial charge in [0.15, 0.2) is 6.29 Å². The number of hydrogen-bond donors (Lipinski definition) is 0. The van der Waals surface area contributed by atoms with Crippen molar-refractivity contribution in [1.29, 1.82) is 0 Å². The third kappa shape index (κ3) is 6.34. The van der Waals surface area contributed by atoms with E-state index in [0.29, 0.717) is 17.8 Å². The highest BCUT2D eigenvalue weighted by Crippen LogP contribution is 2.21. The van der Waals surface area contributed by atoms with Gasteiger partial charge in [-0.3, -0.25) is 4.79 Å². The minimum atomic E-state index is -0.575. The summed E-state index contributed by atoms with van der Waals surface area (Å²) in [5.74, 6) is 0.273. The molecule has 0 saturated carbocycles. The lowest BCUT2D eigenvalue weighted by Crippen LogP contribution is -2.31. The molecular weight excluding hydrogens is 352 g/mol. The van der Waals surface area contributed by atoms with E-state index in [1.54, 1.807) is 26.8 Å². The highest BCUT2D eigenvalue weighted by molar-refractivity contribution is 5.89. The number of aldehydes is 1. The summed E-state index contributed by atoms with van der Waals surface area (Å²) in [6, 6.07) is 13.9. The Balaban J connectivity index is 2.31. The van der Waals surface area contributed by atoms with Crippen LogP contribution in [0.15, 0.2) is 48.5 Å². The number of rotatable bonds is 7. The molecule has 28 heavy (non-hydrogen) atoms. The quantitative estimate of drug-likeness (QED) is 0.397. The predicted octanol–water partition coefficient (Wildman–Crippen LogP) is 4.66. The molecule has 1 aromatic heterocycles. The van der Waals surface area contributed by atoms with Gasteiger partial charge >= 0.3 is 5.97 Å². The van der Waals surface area contributed by atoms with Crippen LogP contribution < -0.4 is 4.90 Å². The average molecular weight is 380 g/mol. The van der Waals surface area contributed by atoms with Crippen LogP contribution in [0.3, 0.4) is 0 Å². The second kappa shape index (κ2) is 9.31. The monoisotopic (exact) mass is 380 g/mol. The molecule has 5 nitrogen and oxygen atoms in total. The number of esters is 1. The first-order valence-electron chi connectivity index (χ1n) is 9.37. The number of ether oxygens (including phenoxy) is 1. The topological polar surface area (TPSA) is 59.5 Å². The fraction of sp³-hybridized carbons (Fsp3) is 0.348. The maximum Gasteiger partial charge on any atom is 0.331 e. The van der Waals surface area contributed by atoms with Crippen LogP contribution in [-0.2, 0) is 16.1 Å². The average Bonchev–Trinajstić information content (AvgIpc) is 2.63. The van der Waals surface area contributed by atoms with Crippen molar-refractivity contribution >= 4 is 24.1 Å². The van der Waals surface area contributed by atoms with Gasteiger partial charge in [0, 0.05) is 24.2 Å². The normalized spacial score (nSPS) is 11.6. The van der Waals surface area contributed by atoms with E-state index in [-0.39, 0.29) is 6.04 Å². The molecule has 5 heteroatoms. The van der Waals surface area contributed by atoms with Crippen molar-refractivity contribution in [2.75, 3.05) is 4.90 Å². The fourth-order valence-electron chi connectivity index (χ4n) is 2.66. The van der Waals surface area contributed by atoms with Gasteiger partial charge in [-0.05, 0) is 58.4 Å². The second-order valence-electron chi connectivity index (χ2n) is 7.84. The Bertz CT molecular complexity index is 837. The van der Waals surface area contributed by atoms with Gasteiger partial charge in [0.25, 0.3) is 0 Å². The van der Waals surface area contributed by atoms with E-state index in [9.17, 15) is 9.59 Å². The van der Waals surface area contributed by atoms with E-state index < -0.39 is 11.6 Å². The molecule has 0 unspecified atom stereocenters. The van der Waals surface area contributed by atoms with Crippen molar-refractivity contribution in [2.45, 2.75) is 52.8 Å². The van der Waals surface area contributed by atoms with Crippen LogP contribution in [0.5, 0.6) is 0 Å². The van der Waals surface area contributed by atoms with E-state index in [1.165, 1.54) is 17.7 Å². The number of carbonyl (C=O) groups is 2. The SMILES string of the molecule is CC(C)N(Cc1ccccc1)c1ccc(C=O)c(/C=C/C(=O)OC(C)(C)C)n1. The molecule has 2 aromatic rings. The molecule has 148 valence electrons. The third-order valence-corrected chi connectivity index (χ3v) is 3.97. The van der Waals surface area contributed by atoms with E-state index in [1.807, 2.05) is 24.3 Å². The molecule has 2 rings (SSSR count). The zero-order valence-electron chi connectivity index (χ0n) is 17.2. The predicted molar refractivity (Wildman–Crippen MR) is 112 cm³/mol. The van der Waals surface area contributed by atoms with Crippen molar-refractivity contribution in [3.8, 4) is 0 Å². The van der Waals surface area contributed by atoms with Crippen molar-refractivity contribution in [3.05, 3.63) is 65.4 Å². The number of pyridine rings is 1. The third-order valence-electron chi connectivity index (χ3n) is 3.97. The first-order chi connectivity index (χ1) is 13.2. The lowest BCUT2D eigenvalue weighted by molar-refractivity contribution is -0.148. The standard InChI is InChI=1S/C23H28N2O3/c1-17(2)25(15-18-9-7-6-8-10-18)21-13-11-19(16-26)20(24-21)12-14-22(27)28-23(3,4)5/h6-14,16-17H,15H2,1-5H3/b14-12+. The molecule has 0 fully saturated rings. The molecule has 0 aliphatic rings. The Morgan fingerprint density at radius 3 is 2.39 bits per heavy atom. The van der Waals surface area contributed by atoms with Gasteiger partial charge in [-0.2, -0.15) is 0 Å². The number of anilines is 1. The van der Waals surface area contributed by atoms with Crippen LogP contribution in [0.1, 0.15) is 56.2 Å². The summed E-state index contributed by atoms with van der Waals surface area (Å²) in [5.41, 5.74) is 1.46. The first-order valence-corrected chi connectivity index (χ1v) is 9.37. The zero-order valence-corrected chi connectivity index (χ0v) is 17.2. The molecule has 0 bridgehead atoms. The number of aromatic nitrogens is 1. The van der Waals surface area contributed by atoms with E-state index in [2.05, 4.69) is 35.9 Å². The van der Waals surface area contributed by atoms with Crippen LogP contribution in [0.2, 0.25) is 0 Å². The summed E-state index contributed by atoms with van der Waals surface area (Å²) < 4.78 is 5.28. The summed E-state index contributed by atoms with van der Waals surface area (Å²) >= 11 is 0. The molecule has 0 radical (unpaired) electrons. The molecule has 0 amide bonds. The minimum absolute atomic E-state index is 0.206. The Hall–Kier alpha value is -2.95. The second-order valence-corrected chi connectivity index (χ2v) is 7.84. The first kappa shape index (κ1) is 21.4. The molecule has 0 saturated heterocycles. The van der Waals surface area contributed by atoms with Crippen LogP contribution >= 0.6 is 0 Å². The summed E-state index contributed by atoms with van der Waals surface area (Å²) in [6.45, 7) is 10.3. The molecular formula is C23H28N2O3. The van der Waals surface area contributed by atoms with Gasteiger partial charge in [0.1, 0.15) is 11.4 Å². The summed E-state index contributed by atoms with van der Waals surface area (Å²) in [6.07, 6.45) is 3.58. The molecule has 1 heterocycles. The summed E-state index contributed by atoms with van der Waals surface area (Å²) in [7, 11) is 0. The number of benzene rings is 1. The van der Waals surface area contributed by atoms with E-state index in [0.717, 1.165) is 12.1 Å². The lowest BCUT2D eigenvalue weighted by atomic mass is 10.1. The van der Waals surface area contributed by atoms with Gasteiger partial charge < -0.3 is 9.64 Å². The number of nitrogens with zero attached hydrogens (tertiary/aromatic N) is 2. The molecule has 0 atom stereocenters. The van der Waals surface area contributed by atoms with Crippen molar-refractivity contribution in [3.63, 3.8) is 0 Å². The van der Waals surface area contributed by atoms with Crippen molar-refractivity contribution in [1.82, 2.24) is 4.98 Å². The van der Waals surface area contributed by atoms with Gasteiger partial charge in [-0.25, -0.2) is 9.78 Å². The fourth-order valence-corrected chi connectivity index (χ4v) is 2.66. The van der Waals surface area contributed by atoms with E-state index >= 15 is 0 Å². The number of carbonyl (C=O) groups excluding carboxylic acids is 2. The van der Waals surface area contributed by atoms with Crippen molar-refractivity contribution in [2.24, 2.45) is 0 Å². The molecule has 1 aromatic carbocycles. The Morgan fingerprint density at radius 2 is 1.82 bits per heavy atom. The maximum atomic E-state index is 12.0. The van der Waals surface area contributed by atoms with Gasteiger partial charge in [0.2, 0.25) is 0 Å². The Kier molecular flexibility index (Phi) is 7.10. The highest BCUT2D eigenvalue weighted by Gasteiger charge is 2.16. The minimum Gasteiger partial charge on any atom is -0.457 e. The van der Waals surface area contributed by atoms with Gasteiger partial charge in [-0.15, -0.1) is 0 Å². The van der Waals surface area contributed by atoms with Crippen LogP contribution in [0.4, 0.5) is 5.82 Å². The largest absolute Gasteiger partial charge is 0.457 e. The van der Waals surface area contributed by atoms with Crippen LogP contribution in [0.25, 0.3) is 6.08 Å². The molecule has 0 aliphatic heterocycles. The van der Waals surface area contributed by atoms with E-state index in [4.69, 9.17) is 4.74 Å². The van der Waals surface area contributed by atoms with Crippen molar-refractivity contribution < 1.29 is 14.3 Å². The van der Waals surface area contributed by atoms with Gasteiger partial charge in [0.05, 0.1) is 5.69 Å². The van der Waals surface area contributed by atoms with Crippen LogP contribution in [-0.4, -0.2) is 28.9 Å². The Morgan fingerprint density at radius 1 is 1.14 bits per heavy atom. The summed E-state index contributed by atoms with van der Waals surface area (Å²) in [5, 5.41) is 0. The Labute approximate surface area is 167 Å². The van der Waals surface area contributed by atoms with Crippen LogP contribution in [0, 0.1) is 0 Å². The zero-order chi connectivity index (χ0) is 20.7. The lowest BCUT2D eigenvalue weighted by Gasteiger charge is -2.28. The molecule has 0 spiro atoms. The molecule has 0 aliphatic carbocycles. The maximum absolute atomic E-state index is 12.0. The smallest absolute Gasteiger partial charge is 0.331 e.